The van der Waals surface area contributed by atoms with Gasteiger partial charge in [-0.25, -0.2) is 0 Å². The summed E-state index contributed by atoms with van der Waals surface area (Å²) in [5.74, 6) is 4.40. The van der Waals surface area contributed by atoms with E-state index < -0.39 is 0 Å². The van der Waals surface area contributed by atoms with Crippen LogP contribution in [0.4, 0.5) is 0 Å². The Morgan fingerprint density at radius 3 is 1.38 bits per heavy atom. The fourth-order valence-corrected chi connectivity index (χ4v) is 6.09. The van der Waals surface area contributed by atoms with Crippen LogP contribution in [0.5, 0.6) is 0 Å². The third kappa shape index (κ3) is 6.10. The average molecular weight is 375 g/mol. The summed E-state index contributed by atoms with van der Waals surface area (Å²) in [7, 11) is 0. The summed E-state index contributed by atoms with van der Waals surface area (Å²) in [6.45, 7) is 14.1. The van der Waals surface area contributed by atoms with Gasteiger partial charge in [-0.3, -0.25) is 8.37 Å². The van der Waals surface area contributed by atoms with E-state index in [1.54, 1.807) is 0 Å². The van der Waals surface area contributed by atoms with Gasteiger partial charge in [0.1, 0.15) is 0 Å². The van der Waals surface area contributed by atoms with E-state index in [-0.39, 0.29) is 0 Å². The third-order valence-electron chi connectivity index (χ3n) is 6.28. The van der Waals surface area contributed by atoms with E-state index in [0.29, 0.717) is 35.9 Å². The molecule has 0 aromatic carbocycles. The van der Waals surface area contributed by atoms with E-state index in [0.717, 1.165) is 11.8 Å². The molecule has 0 bridgehead atoms. The molecule has 0 aromatic rings. The van der Waals surface area contributed by atoms with Crippen LogP contribution in [-0.4, -0.2) is 12.2 Å². The van der Waals surface area contributed by atoms with Gasteiger partial charge in [-0.2, -0.15) is 0 Å². The maximum atomic E-state index is 6.20. The third-order valence-corrected chi connectivity index (χ3v) is 7.62. The molecule has 2 nitrogen and oxygen atoms in total. The van der Waals surface area contributed by atoms with E-state index in [9.17, 15) is 0 Å². The zero-order valence-electron chi connectivity index (χ0n) is 16.5. The number of hydrogen-bond acceptors (Lipinski definition) is 4. The molecule has 0 N–H and O–H groups in total. The summed E-state index contributed by atoms with van der Waals surface area (Å²) in [5, 5.41) is 0. The number of rotatable bonds is 7. The van der Waals surface area contributed by atoms with Crippen molar-refractivity contribution in [2.45, 2.75) is 92.3 Å². The molecule has 2 rings (SSSR count). The zero-order chi connectivity index (χ0) is 17.7. The molecule has 2 aliphatic rings. The minimum Gasteiger partial charge on any atom is -0.300 e. The molecular weight excluding hydrogens is 336 g/mol. The first-order valence-corrected chi connectivity index (χ1v) is 12.0. The first kappa shape index (κ1) is 20.9. The molecule has 0 spiro atoms. The van der Waals surface area contributed by atoms with Gasteiger partial charge in [0.05, 0.1) is 34.4 Å². The van der Waals surface area contributed by atoms with Crippen LogP contribution in [0.1, 0.15) is 80.1 Å². The molecule has 0 amide bonds. The lowest BCUT2D eigenvalue weighted by Crippen LogP contribution is -2.33. The highest BCUT2D eigenvalue weighted by Crippen LogP contribution is 2.42. The fourth-order valence-electron chi connectivity index (χ4n) is 4.58. The van der Waals surface area contributed by atoms with Crippen LogP contribution in [0.15, 0.2) is 0 Å². The Bertz CT molecular complexity index is 328. The second kappa shape index (κ2) is 10.1. The van der Waals surface area contributed by atoms with Crippen LogP contribution in [0.2, 0.25) is 0 Å². The van der Waals surface area contributed by atoms with Crippen molar-refractivity contribution in [2.24, 2.45) is 35.5 Å². The van der Waals surface area contributed by atoms with Crippen LogP contribution in [0.25, 0.3) is 0 Å². The highest BCUT2D eigenvalue weighted by molar-refractivity contribution is 8.73. The molecule has 24 heavy (non-hydrogen) atoms. The van der Waals surface area contributed by atoms with Gasteiger partial charge in [0.15, 0.2) is 0 Å². The topological polar surface area (TPSA) is 18.5 Å². The maximum absolute atomic E-state index is 6.20. The molecule has 4 heteroatoms. The first-order valence-electron chi connectivity index (χ1n) is 10.0. The predicted molar refractivity (Wildman–Crippen MR) is 108 cm³/mol. The lowest BCUT2D eigenvalue weighted by molar-refractivity contribution is 0.0589. The summed E-state index contributed by atoms with van der Waals surface area (Å²) < 4.78 is 12.4. The van der Waals surface area contributed by atoms with E-state index in [1.165, 1.54) is 60.7 Å². The van der Waals surface area contributed by atoms with E-state index in [4.69, 9.17) is 8.37 Å². The van der Waals surface area contributed by atoms with E-state index in [2.05, 4.69) is 41.5 Å². The maximum Gasteiger partial charge on any atom is 0.0928 e. The Hall–Kier alpha value is 0.620. The molecule has 0 radical (unpaired) electrons. The Morgan fingerprint density at radius 1 is 0.667 bits per heavy atom. The Labute approximate surface area is 158 Å². The molecule has 6 atom stereocenters. The molecule has 0 aromatic heterocycles. The van der Waals surface area contributed by atoms with Gasteiger partial charge in [0.25, 0.3) is 0 Å². The van der Waals surface area contributed by atoms with E-state index in [1.807, 2.05) is 0 Å². The van der Waals surface area contributed by atoms with Gasteiger partial charge in [-0.05, 0) is 61.2 Å². The van der Waals surface area contributed by atoms with Crippen molar-refractivity contribution >= 4 is 22.1 Å². The van der Waals surface area contributed by atoms with Crippen molar-refractivity contribution in [2.75, 3.05) is 0 Å². The molecule has 2 saturated carbocycles. The largest absolute Gasteiger partial charge is 0.300 e. The summed E-state index contributed by atoms with van der Waals surface area (Å²) >= 11 is 2.97. The van der Waals surface area contributed by atoms with Crippen molar-refractivity contribution in [3.05, 3.63) is 0 Å². The summed E-state index contributed by atoms with van der Waals surface area (Å²) in [6.07, 6.45) is 8.51. The fraction of sp³-hybridized carbons (Fsp3) is 1.00. The molecule has 0 heterocycles. The molecule has 2 aliphatic carbocycles. The van der Waals surface area contributed by atoms with Crippen LogP contribution in [0.3, 0.4) is 0 Å². The minimum absolute atomic E-state index is 0.390. The van der Waals surface area contributed by atoms with Gasteiger partial charge in [0, 0.05) is 0 Å². The zero-order valence-corrected chi connectivity index (χ0v) is 18.1. The van der Waals surface area contributed by atoms with Gasteiger partial charge in [-0.15, -0.1) is 0 Å². The average Bonchev–Trinajstić information content (AvgIpc) is 2.51. The van der Waals surface area contributed by atoms with Gasteiger partial charge in [-0.1, -0.05) is 54.4 Å². The summed E-state index contributed by atoms with van der Waals surface area (Å²) in [4.78, 5) is 0. The Kier molecular flexibility index (Phi) is 8.79. The number of hydrogen-bond donors (Lipinski definition) is 0. The van der Waals surface area contributed by atoms with Gasteiger partial charge < -0.3 is 0 Å². The Balaban J connectivity index is 1.76. The highest BCUT2D eigenvalue weighted by atomic mass is 33.1. The van der Waals surface area contributed by atoms with Gasteiger partial charge in [0.2, 0.25) is 0 Å². The van der Waals surface area contributed by atoms with Crippen molar-refractivity contribution in [3.8, 4) is 0 Å². The minimum atomic E-state index is 0.390. The van der Waals surface area contributed by atoms with Crippen molar-refractivity contribution in [3.63, 3.8) is 0 Å². The standard InChI is InChI=1S/C20H38O2S2/c1-13(2)17-9-7-15(5)11-19(17)21-23-24-22-20-12-16(6)8-10-18(20)14(3)4/h13-20H,7-12H2,1-6H3/t15-,16-,17+,18+,19-,20-/m0/s1. The van der Waals surface area contributed by atoms with Gasteiger partial charge >= 0.3 is 0 Å². The van der Waals surface area contributed by atoms with Crippen LogP contribution >= 0.6 is 22.1 Å². The lowest BCUT2D eigenvalue weighted by Gasteiger charge is -2.37. The second-order valence-electron chi connectivity index (χ2n) is 9.06. The predicted octanol–water partition coefficient (Wildman–Crippen LogP) is 7.15. The quantitative estimate of drug-likeness (QED) is 0.267. The molecule has 142 valence electrons. The summed E-state index contributed by atoms with van der Waals surface area (Å²) in [5.41, 5.74) is 0. The first-order chi connectivity index (χ1) is 11.4. The Morgan fingerprint density at radius 2 is 1.04 bits per heavy atom. The monoisotopic (exact) mass is 374 g/mol. The smallest absolute Gasteiger partial charge is 0.0928 e. The van der Waals surface area contributed by atoms with Crippen LogP contribution in [0, 0.1) is 35.5 Å². The van der Waals surface area contributed by atoms with Crippen molar-refractivity contribution in [1.29, 1.82) is 0 Å². The highest BCUT2D eigenvalue weighted by Gasteiger charge is 2.34. The lowest BCUT2D eigenvalue weighted by atomic mass is 9.75. The molecule has 2 fully saturated rings. The molecular formula is C20H38O2S2. The summed E-state index contributed by atoms with van der Waals surface area (Å²) in [6, 6.07) is 0. The van der Waals surface area contributed by atoms with Crippen LogP contribution in [-0.2, 0) is 8.37 Å². The second-order valence-corrected chi connectivity index (χ2v) is 10.5. The normalized spacial score (nSPS) is 38.0. The molecule has 0 aliphatic heterocycles. The van der Waals surface area contributed by atoms with Crippen LogP contribution < -0.4 is 0 Å². The molecule has 0 saturated heterocycles. The SMILES string of the molecule is CC(C)[C@H]1CC[C@H](C)C[C@@H]1OSSO[C@H]1C[C@@H](C)CC[C@@H]1C(C)C. The van der Waals surface area contributed by atoms with Crippen molar-refractivity contribution in [1.82, 2.24) is 0 Å². The van der Waals surface area contributed by atoms with E-state index >= 15 is 0 Å². The van der Waals surface area contributed by atoms with Crippen molar-refractivity contribution < 1.29 is 8.37 Å². The molecule has 0 unspecified atom stereocenters.